The zero-order valence-electron chi connectivity index (χ0n) is 8.85. The SMILES string of the molecule is Nc1ccc(N2CCSCC2)c(C(=O)O)c1. The molecule has 4 nitrogen and oxygen atoms in total. The Morgan fingerprint density at radius 2 is 2.06 bits per heavy atom. The largest absolute Gasteiger partial charge is 0.478 e. The molecule has 0 saturated carbocycles. The summed E-state index contributed by atoms with van der Waals surface area (Å²) >= 11 is 1.90. The molecule has 1 saturated heterocycles. The van der Waals surface area contributed by atoms with Gasteiger partial charge in [-0.1, -0.05) is 0 Å². The first kappa shape index (κ1) is 11.1. The van der Waals surface area contributed by atoms with Crippen molar-refractivity contribution in [3.63, 3.8) is 0 Å². The fourth-order valence-corrected chi connectivity index (χ4v) is 2.71. The van der Waals surface area contributed by atoms with Gasteiger partial charge in [0.1, 0.15) is 0 Å². The second kappa shape index (κ2) is 4.65. The molecule has 3 N–H and O–H groups in total. The first-order valence-corrected chi connectivity index (χ1v) is 6.29. The maximum absolute atomic E-state index is 11.1. The molecule has 1 aromatic carbocycles. The lowest BCUT2D eigenvalue weighted by molar-refractivity contribution is 0.0697. The van der Waals surface area contributed by atoms with Crippen molar-refractivity contribution >= 4 is 29.1 Å². The molecule has 0 spiro atoms. The summed E-state index contributed by atoms with van der Waals surface area (Å²) < 4.78 is 0. The highest BCUT2D eigenvalue weighted by Crippen LogP contribution is 2.25. The third kappa shape index (κ3) is 2.24. The third-order valence-corrected chi connectivity index (χ3v) is 3.55. The van der Waals surface area contributed by atoms with Gasteiger partial charge in [0.05, 0.1) is 11.3 Å². The standard InChI is InChI=1S/C11H14N2O2S/c12-8-1-2-10(9(7-8)11(14)15)13-3-5-16-6-4-13/h1-2,7H,3-6,12H2,(H,14,15). The molecular formula is C11H14N2O2S. The van der Waals surface area contributed by atoms with Crippen LogP contribution in [0.15, 0.2) is 18.2 Å². The lowest BCUT2D eigenvalue weighted by Gasteiger charge is -2.29. The second-order valence-electron chi connectivity index (χ2n) is 3.68. The Labute approximate surface area is 98.4 Å². The summed E-state index contributed by atoms with van der Waals surface area (Å²) in [7, 11) is 0. The van der Waals surface area contributed by atoms with E-state index in [4.69, 9.17) is 10.8 Å². The number of nitrogens with two attached hydrogens (primary N) is 1. The maximum Gasteiger partial charge on any atom is 0.337 e. The van der Waals surface area contributed by atoms with Gasteiger partial charge >= 0.3 is 5.97 Å². The van der Waals surface area contributed by atoms with Crippen LogP contribution in [0.25, 0.3) is 0 Å². The second-order valence-corrected chi connectivity index (χ2v) is 4.91. The number of carboxylic acid groups (broad SMARTS) is 1. The van der Waals surface area contributed by atoms with E-state index >= 15 is 0 Å². The monoisotopic (exact) mass is 238 g/mol. The van der Waals surface area contributed by atoms with E-state index in [0.717, 1.165) is 30.3 Å². The minimum atomic E-state index is -0.916. The Balaban J connectivity index is 2.34. The van der Waals surface area contributed by atoms with Gasteiger partial charge in [-0.05, 0) is 18.2 Å². The number of benzene rings is 1. The summed E-state index contributed by atoms with van der Waals surface area (Å²) in [6.45, 7) is 1.80. The highest BCUT2D eigenvalue weighted by atomic mass is 32.2. The van der Waals surface area contributed by atoms with E-state index < -0.39 is 5.97 Å². The molecule has 0 amide bonds. The van der Waals surface area contributed by atoms with Crippen LogP contribution in [0, 0.1) is 0 Å². The minimum absolute atomic E-state index is 0.298. The van der Waals surface area contributed by atoms with Crippen molar-refractivity contribution in [2.24, 2.45) is 0 Å². The van der Waals surface area contributed by atoms with Crippen LogP contribution in [0.1, 0.15) is 10.4 Å². The summed E-state index contributed by atoms with van der Waals surface area (Å²) in [5.74, 6) is 1.17. The van der Waals surface area contributed by atoms with Gasteiger partial charge in [-0.3, -0.25) is 0 Å². The lowest BCUT2D eigenvalue weighted by atomic mass is 10.1. The van der Waals surface area contributed by atoms with E-state index in [1.165, 1.54) is 6.07 Å². The van der Waals surface area contributed by atoms with E-state index in [1.54, 1.807) is 12.1 Å². The number of nitrogens with zero attached hydrogens (tertiary/aromatic N) is 1. The van der Waals surface area contributed by atoms with Gasteiger partial charge in [0, 0.05) is 30.3 Å². The summed E-state index contributed by atoms with van der Waals surface area (Å²) in [5, 5.41) is 9.13. The highest BCUT2D eigenvalue weighted by molar-refractivity contribution is 7.99. The van der Waals surface area contributed by atoms with Crippen LogP contribution in [-0.2, 0) is 0 Å². The summed E-state index contributed by atoms with van der Waals surface area (Å²) in [4.78, 5) is 13.2. The highest BCUT2D eigenvalue weighted by Gasteiger charge is 2.18. The number of carbonyl (C=O) groups is 1. The Hall–Kier alpha value is -1.36. The number of carboxylic acids is 1. The Morgan fingerprint density at radius 1 is 1.38 bits per heavy atom. The molecule has 0 unspecified atom stereocenters. The van der Waals surface area contributed by atoms with Crippen LogP contribution >= 0.6 is 11.8 Å². The molecule has 2 rings (SSSR count). The summed E-state index contributed by atoms with van der Waals surface area (Å²) in [6.07, 6.45) is 0. The van der Waals surface area contributed by atoms with Crippen molar-refractivity contribution in [1.29, 1.82) is 0 Å². The number of aromatic carboxylic acids is 1. The zero-order chi connectivity index (χ0) is 11.5. The van der Waals surface area contributed by atoms with Gasteiger partial charge < -0.3 is 15.7 Å². The van der Waals surface area contributed by atoms with Crippen molar-refractivity contribution in [2.75, 3.05) is 35.2 Å². The van der Waals surface area contributed by atoms with E-state index in [-0.39, 0.29) is 0 Å². The fourth-order valence-electron chi connectivity index (χ4n) is 1.80. The Kier molecular flexibility index (Phi) is 3.24. The number of thioether (sulfide) groups is 1. The lowest BCUT2D eigenvalue weighted by Crippen LogP contribution is -2.33. The smallest absolute Gasteiger partial charge is 0.337 e. The Morgan fingerprint density at radius 3 is 2.69 bits per heavy atom. The predicted octanol–water partition coefficient (Wildman–Crippen LogP) is 1.52. The van der Waals surface area contributed by atoms with Gasteiger partial charge in [0.15, 0.2) is 0 Å². The minimum Gasteiger partial charge on any atom is -0.478 e. The van der Waals surface area contributed by atoms with Gasteiger partial charge in [-0.25, -0.2) is 4.79 Å². The molecule has 0 aromatic heterocycles. The normalized spacial score (nSPS) is 16.1. The number of nitrogen functional groups attached to an aromatic ring is 1. The van der Waals surface area contributed by atoms with Crippen molar-refractivity contribution in [3.8, 4) is 0 Å². The molecule has 86 valence electrons. The first-order valence-electron chi connectivity index (χ1n) is 5.14. The van der Waals surface area contributed by atoms with Crippen LogP contribution in [0.2, 0.25) is 0 Å². The van der Waals surface area contributed by atoms with E-state index in [9.17, 15) is 4.79 Å². The van der Waals surface area contributed by atoms with Gasteiger partial charge in [-0.2, -0.15) is 11.8 Å². The number of rotatable bonds is 2. The topological polar surface area (TPSA) is 66.6 Å². The van der Waals surface area contributed by atoms with Crippen molar-refractivity contribution in [1.82, 2.24) is 0 Å². The number of hydrogen-bond donors (Lipinski definition) is 2. The zero-order valence-corrected chi connectivity index (χ0v) is 9.67. The van der Waals surface area contributed by atoms with Gasteiger partial charge in [0.25, 0.3) is 0 Å². The average Bonchev–Trinajstić information content (AvgIpc) is 2.30. The van der Waals surface area contributed by atoms with Gasteiger partial charge in [-0.15, -0.1) is 0 Å². The molecular weight excluding hydrogens is 224 g/mol. The summed E-state index contributed by atoms with van der Waals surface area (Å²) in [6, 6.07) is 5.08. The fraction of sp³-hybridized carbons (Fsp3) is 0.364. The maximum atomic E-state index is 11.1. The molecule has 1 aromatic rings. The quantitative estimate of drug-likeness (QED) is 0.765. The molecule has 1 fully saturated rings. The van der Waals surface area contributed by atoms with Crippen molar-refractivity contribution in [2.45, 2.75) is 0 Å². The molecule has 0 atom stereocenters. The van der Waals surface area contributed by atoms with Crippen LogP contribution in [0.4, 0.5) is 11.4 Å². The van der Waals surface area contributed by atoms with Crippen molar-refractivity contribution in [3.05, 3.63) is 23.8 Å². The number of anilines is 2. The van der Waals surface area contributed by atoms with Crippen LogP contribution in [-0.4, -0.2) is 35.7 Å². The first-order chi connectivity index (χ1) is 7.68. The van der Waals surface area contributed by atoms with Crippen LogP contribution in [0.3, 0.4) is 0 Å². The average molecular weight is 238 g/mol. The van der Waals surface area contributed by atoms with Crippen LogP contribution in [0.5, 0.6) is 0 Å². The Bertz CT molecular complexity index is 403. The third-order valence-electron chi connectivity index (χ3n) is 2.60. The van der Waals surface area contributed by atoms with E-state index in [1.807, 2.05) is 11.8 Å². The molecule has 1 aliphatic heterocycles. The molecule has 5 heteroatoms. The van der Waals surface area contributed by atoms with E-state index in [0.29, 0.717) is 11.3 Å². The molecule has 0 bridgehead atoms. The molecule has 1 heterocycles. The molecule has 0 radical (unpaired) electrons. The number of hydrogen-bond acceptors (Lipinski definition) is 4. The van der Waals surface area contributed by atoms with Crippen LogP contribution < -0.4 is 10.6 Å². The predicted molar refractivity (Wildman–Crippen MR) is 67.4 cm³/mol. The van der Waals surface area contributed by atoms with Crippen molar-refractivity contribution < 1.29 is 9.90 Å². The van der Waals surface area contributed by atoms with Gasteiger partial charge in [0.2, 0.25) is 0 Å². The van der Waals surface area contributed by atoms with E-state index in [2.05, 4.69) is 4.90 Å². The summed E-state index contributed by atoms with van der Waals surface area (Å²) in [5.41, 5.74) is 7.18. The molecule has 16 heavy (non-hydrogen) atoms. The molecule has 0 aliphatic carbocycles. The molecule has 1 aliphatic rings.